The molecule has 4 heterocycles. The summed E-state index contributed by atoms with van der Waals surface area (Å²) >= 11 is 0. The molecule has 0 spiro atoms. The largest absolute Gasteiger partial charge is 0.399 e. The Bertz CT molecular complexity index is 2270. The SMILES string of the molecule is CCN(C)S(=O)(=O)Nc1ccc(F)c(C(=O)c2c[nH]c3ncc(-c4cnc(N5CCN(CC[C@]6(O)CC[C@@H](c7ccc(N)cc7)CC6)CC5)nc4)cc23)c1F. The monoisotopic (exact) mass is 773 g/mol. The van der Waals surface area contributed by atoms with Crippen LogP contribution in [0.3, 0.4) is 0 Å². The second kappa shape index (κ2) is 15.6. The van der Waals surface area contributed by atoms with Crippen molar-refractivity contribution < 1.29 is 27.1 Å². The lowest BCUT2D eigenvalue weighted by atomic mass is 9.74. The predicted octanol–water partition coefficient (Wildman–Crippen LogP) is 5.32. The van der Waals surface area contributed by atoms with Gasteiger partial charge < -0.3 is 20.7 Å². The second-order valence-electron chi connectivity index (χ2n) is 14.5. The topological polar surface area (TPSA) is 174 Å². The van der Waals surface area contributed by atoms with E-state index in [2.05, 4.69) is 46.6 Å². The highest BCUT2D eigenvalue weighted by atomic mass is 32.2. The standard InChI is InChI=1S/C39H45F2N9O4S/c1-3-48(2)55(53,54)47-33-9-8-32(40)34(35(33)41)36(51)31-24-44-37-30(31)20-27(21-43-37)28-22-45-38(46-23-28)50-18-16-49(17-19-50)15-14-39(52)12-10-26(11-13-39)25-4-6-29(42)7-5-25/h4-9,20-24,26,47,52H,3,10-19,42H2,1-2H3,(H,43,44)/t26-,39+. The summed E-state index contributed by atoms with van der Waals surface area (Å²) in [4.78, 5) is 34.6. The maximum Gasteiger partial charge on any atom is 0.301 e. The van der Waals surface area contributed by atoms with Gasteiger partial charge in [0.25, 0.3) is 0 Å². The second-order valence-corrected chi connectivity index (χ2v) is 16.3. The molecule has 5 N–H and O–H groups in total. The Kier molecular flexibility index (Phi) is 10.9. The lowest BCUT2D eigenvalue weighted by Crippen LogP contribution is -2.48. The maximum atomic E-state index is 15.6. The van der Waals surface area contributed by atoms with Gasteiger partial charge in [-0.1, -0.05) is 19.1 Å². The fourth-order valence-electron chi connectivity index (χ4n) is 7.39. The van der Waals surface area contributed by atoms with Gasteiger partial charge in [-0.05, 0) is 73.9 Å². The van der Waals surface area contributed by atoms with Crippen molar-refractivity contribution >= 4 is 44.3 Å². The summed E-state index contributed by atoms with van der Waals surface area (Å²) in [5.41, 5.74) is 7.32. The number of aromatic amines is 1. The number of anilines is 3. The number of fused-ring (bicyclic) bond motifs is 1. The highest BCUT2D eigenvalue weighted by Gasteiger charge is 2.34. The third kappa shape index (κ3) is 8.17. The van der Waals surface area contributed by atoms with Gasteiger partial charge in [-0.25, -0.2) is 23.7 Å². The van der Waals surface area contributed by atoms with Crippen molar-refractivity contribution in [3.05, 3.63) is 95.6 Å². The molecular formula is C39H45F2N9O4S. The molecule has 55 heavy (non-hydrogen) atoms. The number of ketones is 1. The van der Waals surface area contributed by atoms with Gasteiger partial charge in [0.2, 0.25) is 11.7 Å². The van der Waals surface area contributed by atoms with Crippen LogP contribution in [-0.4, -0.2) is 100 Å². The van der Waals surface area contributed by atoms with Crippen molar-refractivity contribution in [2.75, 3.05) is 61.7 Å². The molecule has 0 amide bonds. The smallest absolute Gasteiger partial charge is 0.301 e. The summed E-state index contributed by atoms with van der Waals surface area (Å²) < 4.78 is 58.6. The highest BCUT2D eigenvalue weighted by molar-refractivity contribution is 7.90. The lowest BCUT2D eigenvalue weighted by molar-refractivity contribution is -0.0162. The summed E-state index contributed by atoms with van der Waals surface area (Å²) in [6, 6.07) is 11.5. The summed E-state index contributed by atoms with van der Waals surface area (Å²) in [7, 11) is -2.83. The molecule has 2 fully saturated rings. The van der Waals surface area contributed by atoms with Gasteiger partial charge in [-0.3, -0.25) is 14.4 Å². The number of nitrogens with two attached hydrogens (primary N) is 1. The molecule has 16 heteroatoms. The van der Waals surface area contributed by atoms with Crippen molar-refractivity contribution in [3.63, 3.8) is 0 Å². The van der Waals surface area contributed by atoms with Crippen LogP contribution in [0.1, 0.15) is 66.4 Å². The van der Waals surface area contributed by atoms with Crippen molar-refractivity contribution in [3.8, 4) is 11.1 Å². The zero-order chi connectivity index (χ0) is 38.9. The number of hydrogen-bond donors (Lipinski definition) is 4. The highest BCUT2D eigenvalue weighted by Crippen LogP contribution is 2.40. The van der Waals surface area contributed by atoms with Crippen LogP contribution in [0.15, 0.2) is 67.3 Å². The molecule has 7 rings (SSSR count). The first-order chi connectivity index (χ1) is 26.3. The molecule has 1 saturated carbocycles. The number of carbonyl (C=O) groups is 1. The average Bonchev–Trinajstić information content (AvgIpc) is 3.62. The number of nitrogens with zero attached hydrogens (tertiary/aromatic N) is 6. The number of nitrogen functional groups attached to an aromatic ring is 1. The Labute approximate surface area is 318 Å². The number of aromatic nitrogens is 4. The van der Waals surface area contributed by atoms with Crippen molar-refractivity contribution in [2.24, 2.45) is 0 Å². The van der Waals surface area contributed by atoms with E-state index < -0.39 is 44.5 Å². The van der Waals surface area contributed by atoms with Gasteiger partial charge in [-0.2, -0.15) is 12.7 Å². The third-order valence-electron chi connectivity index (χ3n) is 11.0. The number of carbonyl (C=O) groups excluding carboxylic acids is 1. The van der Waals surface area contributed by atoms with E-state index in [1.807, 2.05) is 12.1 Å². The van der Waals surface area contributed by atoms with Crippen molar-refractivity contribution in [1.29, 1.82) is 0 Å². The minimum absolute atomic E-state index is 0.0405. The Balaban J connectivity index is 0.970. The Morgan fingerprint density at radius 3 is 2.36 bits per heavy atom. The summed E-state index contributed by atoms with van der Waals surface area (Å²) in [6.07, 6.45) is 10.5. The molecule has 0 unspecified atom stereocenters. The minimum atomic E-state index is -4.13. The molecule has 2 aromatic carbocycles. The molecule has 13 nitrogen and oxygen atoms in total. The molecule has 5 aromatic rings. The number of H-pyrrole nitrogens is 1. The van der Waals surface area contributed by atoms with Crippen LogP contribution in [0.2, 0.25) is 0 Å². The first-order valence-corrected chi connectivity index (χ1v) is 19.9. The first-order valence-electron chi connectivity index (χ1n) is 18.5. The number of piperazine rings is 1. The van der Waals surface area contributed by atoms with Gasteiger partial charge >= 0.3 is 10.2 Å². The van der Waals surface area contributed by atoms with Crippen LogP contribution in [-0.2, 0) is 10.2 Å². The zero-order valence-electron chi connectivity index (χ0n) is 30.8. The predicted molar refractivity (Wildman–Crippen MR) is 208 cm³/mol. The van der Waals surface area contributed by atoms with Gasteiger partial charge in [-0.15, -0.1) is 0 Å². The van der Waals surface area contributed by atoms with E-state index in [4.69, 9.17) is 5.73 Å². The first kappa shape index (κ1) is 38.3. The fourth-order valence-corrected chi connectivity index (χ4v) is 8.32. The van der Waals surface area contributed by atoms with Crippen LogP contribution < -0.4 is 15.4 Å². The molecule has 2 aliphatic rings. The van der Waals surface area contributed by atoms with Crippen molar-refractivity contribution in [1.82, 2.24) is 29.1 Å². The van der Waals surface area contributed by atoms with Gasteiger partial charge in [0.05, 0.1) is 16.9 Å². The minimum Gasteiger partial charge on any atom is -0.399 e. The van der Waals surface area contributed by atoms with E-state index in [-0.39, 0.29) is 12.1 Å². The molecule has 1 saturated heterocycles. The van der Waals surface area contributed by atoms with Crippen LogP contribution >= 0.6 is 0 Å². The van der Waals surface area contributed by atoms with Gasteiger partial charge in [0.15, 0.2) is 5.82 Å². The molecule has 3 aromatic heterocycles. The van der Waals surface area contributed by atoms with Crippen LogP contribution in [0.5, 0.6) is 0 Å². The van der Waals surface area contributed by atoms with Crippen LogP contribution in [0, 0.1) is 11.6 Å². The number of benzene rings is 2. The number of halogens is 2. The van der Waals surface area contributed by atoms with Gasteiger partial charge in [0.1, 0.15) is 11.5 Å². The third-order valence-corrected chi connectivity index (χ3v) is 12.6. The Hall–Kier alpha value is -5.03. The molecular weight excluding hydrogens is 729 g/mol. The fraction of sp³-hybridized carbons (Fsp3) is 0.385. The van der Waals surface area contributed by atoms with Crippen molar-refractivity contribution in [2.45, 2.75) is 50.5 Å². The van der Waals surface area contributed by atoms with E-state index in [0.29, 0.717) is 34.0 Å². The van der Waals surface area contributed by atoms with E-state index in [1.54, 1.807) is 31.6 Å². The van der Waals surface area contributed by atoms with E-state index in [0.717, 1.165) is 87.0 Å². The number of pyridine rings is 1. The number of aliphatic hydroxyl groups is 1. The Morgan fingerprint density at radius 2 is 1.69 bits per heavy atom. The molecule has 0 radical (unpaired) electrons. The van der Waals surface area contributed by atoms with E-state index >= 15 is 4.39 Å². The zero-order valence-corrected chi connectivity index (χ0v) is 31.6. The van der Waals surface area contributed by atoms with E-state index in [1.165, 1.54) is 18.8 Å². The molecule has 0 atom stereocenters. The molecule has 1 aliphatic heterocycles. The normalized spacial score (nSPS) is 19.6. The quantitative estimate of drug-likeness (QED) is 0.0960. The number of hydrogen-bond acceptors (Lipinski definition) is 10. The number of nitrogens with one attached hydrogen (secondary N) is 2. The molecule has 290 valence electrons. The van der Waals surface area contributed by atoms with Gasteiger partial charge in [0, 0.05) is 98.9 Å². The Morgan fingerprint density at radius 1 is 1.02 bits per heavy atom. The lowest BCUT2D eigenvalue weighted by Gasteiger charge is -2.39. The summed E-state index contributed by atoms with van der Waals surface area (Å²) in [5, 5.41) is 11.7. The molecule has 0 bridgehead atoms. The summed E-state index contributed by atoms with van der Waals surface area (Å²) in [5.74, 6) is -2.40. The van der Waals surface area contributed by atoms with E-state index in [9.17, 15) is 22.7 Å². The average molecular weight is 774 g/mol. The molecule has 1 aliphatic carbocycles. The number of rotatable bonds is 12. The maximum absolute atomic E-state index is 15.6. The summed E-state index contributed by atoms with van der Waals surface area (Å²) in [6.45, 7) is 5.67. The van der Waals surface area contributed by atoms with Crippen LogP contribution in [0.4, 0.5) is 26.1 Å². The van der Waals surface area contributed by atoms with Crippen LogP contribution in [0.25, 0.3) is 22.2 Å².